The van der Waals surface area contributed by atoms with Crippen LogP contribution in [0.4, 0.5) is 5.95 Å². The fourth-order valence-electron chi connectivity index (χ4n) is 3.03. The first-order valence-corrected chi connectivity index (χ1v) is 9.11. The molecule has 1 aromatic carbocycles. The van der Waals surface area contributed by atoms with Gasteiger partial charge in [0.1, 0.15) is 11.9 Å². The molecule has 1 aliphatic rings. The Morgan fingerprint density at radius 1 is 1.33 bits per heavy atom. The zero-order valence-corrected chi connectivity index (χ0v) is 16.2. The summed E-state index contributed by atoms with van der Waals surface area (Å²) in [5.41, 5.74) is 2.06. The number of hydrogen-bond acceptors (Lipinski definition) is 6. The molecule has 1 fully saturated rings. The first kappa shape index (κ1) is 19.1. The maximum atomic E-state index is 12.9. The molecule has 0 aliphatic carbocycles. The number of carbonyl (C=O) groups excluding carboxylic acids is 1. The molecule has 7 heteroatoms. The summed E-state index contributed by atoms with van der Waals surface area (Å²) < 4.78 is 5.83. The van der Waals surface area contributed by atoms with Crippen LogP contribution in [-0.4, -0.2) is 59.7 Å². The van der Waals surface area contributed by atoms with Crippen molar-refractivity contribution in [2.24, 2.45) is 0 Å². The van der Waals surface area contributed by atoms with Gasteiger partial charge in [0.25, 0.3) is 5.91 Å². The Hall–Kier alpha value is -2.67. The Morgan fingerprint density at radius 3 is 2.78 bits per heavy atom. The topological polar surface area (TPSA) is 78.8 Å². The van der Waals surface area contributed by atoms with Crippen molar-refractivity contribution in [1.82, 2.24) is 14.9 Å². The number of phenols is 1. The van der Waals surface area contributed by atoms with Crippen molar-refractivity contribution in [3.8, 4) is 5.75 Å². The Bertz CT molecular complexity index is 823. The van der Waals surface area contributed by atoms with Gasteiger partial charge in [0, 0.05) is 26.8 Å². The number of benzene rings is 1. The van der Waals surface area contributed by atoms with E-state index in [1.54, 1.807) is 29.3 Å². The molecule has 1 amide bonds. The lowest BCUT2D eigenvalue weighted by molar-refractivity contribution is -0.0248. The van der Waals surface area contributed by atoms with Crippen LogP contribution in [0.15, 0.2) is 30.5 Å². The molecule has 0 bridgehead atoms. The maximum Gasteiger partial charge on any atom is 0.257 e. The Kier molecular flexibility index (Phi) is 5.60. The summed E-state index contributed by atoms with van der Waals surface area (Å²) in [5.74, 6) is 0.710. The number of aromatic nitrogens is 2. The van der Waals surface area contributed by atoms with E-state index in [-0.39, 0.29) is 23.7 Å². The molecule has 0 radical (unpaired) electrons. The van der Waals surface area contributed by atoms with E-state index in [2.05, 4.69) is 9.97 Å². The third kappa shape index (κ3) is 4.19. The highest BCUT2D eigenvalue weighted by Gasteiger charge is 2.28. The average Bonchev–Trinajstić information content (AvgIpc) is 2.67. The Morgan fingerprint density at radius 2 is 2.11 bits per heavy atom. The van der Waals surface area contributed by atoms with Gasteiger partial charge in [0.15, 0.2) is 0 Å². The summed E-state index contributed by atoms with van der Waals surface area (Å²) in [6.45, 7) is 5.38. The third-order valence-corrected chi connectivity index (χ3v) is 4.67. The number of hydrogen-bond donors (Lipinski definition) is 1. The van der Waals surface area contributed by atoms with Crippen LogP contribution in [0, 0.1) is 0 Å². The molecule has 2 heterocycles. The fourth-order valence-corrected chi connectivity index (χ4v) is 3.03. The number of phenolic OH excluding ortho intramolecular Hbond substituents is 1. The lowest BCUT2D eigenvalue weighted by atomic mass is 10.0. The molecular weight excluding hydrogens is 344 g/mol. The van der Waals surface area contributed by atoms with Gasteiger partial charge in [-0.05, 0) is 29.7 Å². The minimum Gasteiger partial charge on any atom is -0.507 e. The van der Waals surface area contributed by atoms with Gasteiger partial charge in [-0.1, -0.05) is 19.9 Å². The summed E-state index contributed by atoms with van der Waals surface area (Å²) in [6.07, 6.45) is 1.37. The van der Waals surface area contributed by atoms with E-state index in [4.69, 9.17) is 4.74 Å². The number of nitrogens with zero attached hydrogens (tertiary/aromatic N) is 4. The molecule has 1 aliphatic heterocycles. The van der Waals surface area contributed by atoms with Gasteiger partial charge in [0.05, 0.1) is 24.4 Å². The van der Waals surface area contributed by atoms with Gasteiger partial charge in [-0.25, -0.2) is 9.97 Å². The summed E-state index contributed by atoms with van der Waals surface area (Å²) in [7, 11) is 3.75. The Balaban J connectivity index is 1.78. The van der Waals surface area contributed by atoms with E-state index in [1.165, 1.54) is 0 Å². The lowest BCUT2D eigenvalue weighted by Crippen LogP contribution is -2.42. The predicted molar refractivity (Wildman–Crippen MR) is 103 cm³/mol. The van der Waals surface area contributed by atoms with Gasteiger partial charge in [-0.15, -0.1) is 0 Å². The van der Waals surface area contributed by atoms with Crippen molar-refractivity contribution in [2.75, 3.05) is 38.7 Å². The number of carbonyl (C=O) groups is 1. The lowest BCUT2D eigenvalue weighted by Gasteiger charge is -2.33. The molecule has 1 N–H and O–H groups in total. The summed E-state index contributed by atoms with van der Waals surface area (Å²) in [6, 6.07) is 7.07. The molecule has 1 saturated heterocycles. The maximum absolute atomic E-state index is 12.9. The molecule has 144 valence electrons. The van der Waals surface area contributed by atoms with Crippen LogP contribution in [0.5, 0.6) is 5.75 Å². The molecule has 1 aromatic heterocycles. The van der Waals surface area contributed by atoms with Crippen molar-refractivity contribution in [3.63, 3.8) is 0 Å². The largest absolute Gasteiger partial charge is 0.507 e. The van der Waals surface area contributed by atoms with E-state index >= 15 is 0 Å². The van der Waals surface area contributed by atoms with Gasteiger partial charge >= 0.3 is 0 Å². The summed E-state index contributed by atoms with van der Waals surface area (Å²) in [4.78, 5) is 25.2. The highest BCUT2D eigenvalue weighted by atomic mass is 16.5. The predicted octanol–water partition coefficient (Wildman–Crippen LogP) is 2.59. The monoisotopic (exact) mass is 370 g/mol. The molecule has 0 saturated carbocycles. The Labute approximate surface area is 159 Å². The van der Waals surface area contributed by atoms with Crippen molar-refractivity contribution in [1.29, 1.82) is 0 Å². The molecule has 27 heavy (non-hydrogen) atoms. The summed E-state index contributed by atoms with van der Waals surface area (Å²) >= 11 is 0. The first-order valence-electron chi connectivity index (χ1n) is 9.11. The molecule has 1 unspecified atom stereocenters. The fraction of sp³-hybridized carbons (Fsp3) is 0.450. The molecule has 2 aromatic rings. The van der Waals surface area contributed by atoms with Gasteiger partial charge in [-0.2, -0.15) is 0 Å². The van der Waals surface area contributed by atoms with Crippen molar-refractivity contribution >= 4 is 11.9 Å². The van der Waals surface area contributed by atoms with E-state index in [0.717, 1.165) is 11.3 Å². The molecule has 1 atom stereocenters. The summed E-state index contributed by atoms with van der Waals surface area (Å²) in [5, 5.41) is 10.3. The van der Waals surface area contributed by atoms with Crippen LogP contribution < -0.4 is 4.90 Å². The zero-order valence-electron chi connectivity index (χ0n) is 16.2. The quantitative estimate of drug-likeness (QED) is 0.891. The molecule has 0 spiro atoms. The molecular formula is C20H26N4O3. The van der Waals surface area contributed by atoms with Gasteiger partial charge < -0.3 is 19.6 Å². The van der Waals surface area contributed by atoms with E-state index < -0.39 is 0 Å². The highest BCUT2D eigenvalue weighted by Crippen LogP contribution is 2.27. The van der Waals surface area contributed by atoms with E-state index in [1.807, 2.05) is 38.9 Å². The number of aromatic hydroxyl groups is 1. The van der Waals surface area contributed by atoms with Crippen LogP contribution >= 0.6 is 0 Å². The smallest absolute Gasteiger partial charge is 0.257 e. The van der Waals surface area contributed by atoms with Crippen molar-refractivity contribution in [3.05, 3.63) is 47.3 Å². The highest BCUT2D eigenvalue weighted by molar-refractivity contribution is 5.97. The van der Waals surface area contributed by atoms with Crippen LogP contribution in [0.1, 0.15) is 47.5 Å². The number of morpholine rings is 1. The standard InChI is InChI=1S/C20H26N4O3/c1-13(2)14-5-6-15(17(25)11-14)19(26)24-9-10-27-18(12-24)16-7-8-21-20(22-16)23(3)4/h5-8,11,13,18,25H,9-10,12H2,1-4H3. The zero-order chi connectivity index (χ0) is 19.6. The number of amides is 1. The average molecular weight is 370 g/mol. The first-order chi connectivity index (χ1) is 12.9. The van der Waals surface area contributed by atoms with Crippen LogP contribution in [-0.2, 0) is 4.74 Å². The SMILES string of the molecule is CC(C)c1ccc(C(=O)N2CCOC(c3ccnc(N(C)C)n3)C2)c(O)c1. The van der Waals surface area contributed by atoms with Gasteiger partial charge in [0.2, 0.25) is 5.95 Å². The number of anilines is 1. The van der Waals surface area contributed by atoms with E-state index in [9.17, 15) is 9.90 Å². The van der Waals surface area contributed by atoms with Gasteiger partial charge in [-0.3, -0.25) is 4.79 Å². The molecule has 7 nitrogen and oxygen atoms in total. The third-order valence-electron chi connectivity index (χ3n) is 4.67. The minimum absolute atomic E-state index is 0.0196. The van der Waals surface area contributed by atoms with Crippen molar-refractivity contribution < 1.29 is 14.6 Å². The number of ether oxygens (including phenoxy) is 1. The minimum atomic E-state index is -0.318. The van der Waals surface area contributed by atoms with Crippen LogP contribution in [0.25, 0.3) is 0 Å². The number of rotatable bonds is 4. The molecule has 3 rings (SSSR count). The van der Waals surface area contributed by atoms with Crippen LogP contribution in [0.3, 0.4) is 0 Å². The van der Waals surface area contributed by atoms with E-state index in [0.29, 0.717) is 31.2 Å². The van der Waals surface area contributed by atoms with Crippen LogP contribution in [0.2, 0.25) is 0 Å². The van der Waals surface area contributed by atoms with Crippen molar-refractivity contribution in [2.45, 2.75) is 25.9 Å². The normalized spacial score (nSPS) is 17.2. The second-order valence-electron chi connectivity index (χ2n) is 7.22. The second-order valence-corrected chi connectivity index (χ2v) is 7.22. The second kappa shape index (κ2) is 7.92.